The quantitative estimate of drug-likeness (QED) is 0.664. The van der Waals surface area contributed by atoms with Gasteiger partial charge in [0.1, 0.15) is 5.82 Å². The topological polar surface area (TPSA) is 84.7 Å². The number of carbonyl (C=O) groups is 1. The second-order valence-electron chi connectivity index (χ2n) is 8.24. The number of morpholine rings is 1. The molecule has 1 amide bonds. The number of aromatic nitrogens is 2. The maximum absolute atomic E-state index is 12.8. The third-order valence-electron chi connectivity index (χ3n) is 5.80. The first-order valence-corrected chi connectivity index (χ1v) is 11.9. The maximum atomic E-state index is 12.8. The maximum Gasteiger partial charge on any atom is 0.243 e. The molecule has 1 aromatic heterocycles. The molecule has 0 bridgehead atoms. The zero-order chi connectivity index (χ0) is 22.1. The molecule has 2 aromatic rings. The van der Waals surface area contributed by atoms with E-state index in [4.69, 9.17) is 4.74 Å². The number of aryl methyl sites for hydroxylation is 2. The van der Waals surface area contributed by atoms with Gasteiger partial charge in [-0.1, -0.05) is 13.8 Å². The van der Waals surface area contributed by atoms with E-state index in [1.54, 1.807) is 18.2 Å². The zero-order valence-corrected chi connectivity index (χ0v) is 19.3. The zero-order valence-electron chi connectivity index (χ0n) is 18.5. The van der Waals surface area contributed by atoms with Gasteiger partial charge in [0.2, 0.25) is 15.9 Å². The predicted octanol–water partition coefficient (Wildman–Crippen LogP) is 2.17. The van der Waals surface area contributed by atoms with Crippen LogP contribution in [0, 0.1) is 0 Å². The van der Waals surface area contributed by atoms with Gasteiger partial charge in [0.25, 0.3) is 0 Å². The molecule has 0 N–H and O–H groups in total. The summed E-state index contributed by atoms with van der Waals surface area (Å²) in [6, 6.07) is 5.04. The molecule has 30 heavy (non-hydrogen) atoms. The van der Waals surface area contributed by atoms with Crippen LogP contribution in [0.25, 0.3) is 11.0 Å². The van der Waals surface area contributed by atoms with Gasteiger partial charge < -0.3 is 14.2 Å². The monoisotopic (exact) mass is 436 g/mol. The van der Waals surface area contributed by atoms with Crippen molar-refractivity contribution in [1.82, 2.24) is 18.8 Å². The van der Waals surface area contributed by atoms with E-state index in [9.17, 15) is 13.2 Å². The first-order chi connectivity index (χ1) is 14.1. The van der Waals surface area contributed by atoms with Gasteiger partial charge in [-0.25, -0.2) is 13.4 Å². The van der Waals surface area contributed by atoms with Crippen molar-refractivity contribution in [2.45, 2.75) is 51.0 Å². The fourth-order valence-corrected chi connectivity index (χ4v) is 5.48. The Kier molecular flexibility index (Phi) is 6.54. The van der Waals surface area contributed by atoms with Crippen LogP contribution in [0.15, 0.2) is 23.1 Å². The highest BCUT2D eigenvalue weighted by atomic mass is 32.2. The fourth-order valence-electron chi connectivity index (χ4n) is 4.00. The number of benzene rings is 1. The number of hydrogen-bond donors (Lipinski definition) is 0. The van der Waals surface area contributed by atoms with E-state index in [2.05, 4.69) is 4.98 Å². The van der Waals surface area contributed by atoms with Crippen molar-refractivity contribution < 1.29 is 17.9 Å². The SMILES string of the molecule is CCN(CC)S(=O)(=O)c1ccc2c(c1)nc(CCC(=O)N1CCOCC1(C)C)n2C. The summed E-state index contributed by atoms with van der Waals surface area (Å²) in [7, 11) is -1.64. The number of sulfonamides is 1. The molecular formula is C21H32N4O4S. The average molecular weight is 437 g/mol. The van der Waals surface area contributed by atoms with E-state index < -0.39 is 10.0 Å². The second kappa shape index (κ2) is 8.64. The number of nitrogens with zero attached hydrogens (tertiary/aromatic N) is 4. The van der Waals surface area contributed by atoms with Crippen LogP contribution in [0.4, 0.5) is 0 Å². The minimum atomic E-state index is -3.54. The van der Waals surface area contributed by atoms with Crippen molar-refractivity contribution >= 4 is 27.0 Å². The molecule has 2 heterocycles. The Morgan fingerprint density at radius 2 is 1.97 bits per heavy atom. The van der Waals surface area contributed by atoms with Crippen molar-refractivity contribution in [3.8, 4) is 0 Å². The summed E-state index contributed by atoms with van der Waals surface area (Å²) in [6.45, 7) is 10.2. The van der Waals surface area contributed by atoms with Crippen LogP contribution in [0.3, 0.4) is 0 Å². The highest BCUT2D eigenvalue weighted by molar-refractivity contribution is 7.89. The largest absolute Gasteiger partial charge is 0.377 e. The molecule has 1 fully saturated rings. The molecule has 1 aromatic carbocycles. The Morgan fingerprint density at radius 3 is 2.60 bits per heavy atom. The highest BCUT2D eigenvalue weighted by Crippen LogP contribution is 2.24. The molecule has 0 unspecified atom stereocenters. The molecule has 8 nitrogen and oxygen atoms in total. The van der Waals surface area contributed by atoms with Crippen molar-refractivity contribution in [2.75, 3.05) is 32.8 Å². The van der Waals surface area contributed by atoms with Gasteiger partial charge in [0.15, 0.2) is 0 Å². The van der Waals surface area contributed by atoms with Gasteiger partial charge in [-0.15, -0.1) is 0 Å². The molecule has 0 spiro atoms. The number of hydrogen-bond acceptors (Lipinski definition) is 5. The van der Waals surface area contributed by atoms with E-state index in [0.29, 0.717) is 51.2 Å². The summed E-state index contributed by atoms with van der Waals surface area (Å²) in [6.07, 6.45) is 0.848. The van der Waals surface area contributed by atoms with Crippen molar-refractivity contribution in [3.05, 3.63) is 24.0 Å². The average Bonchev–Trinajstić information content (AvgIpc) is 3.01. The lowest BCUT2D eigenvalue weighted by molar-refractivity contribution is -0.146. The Balaban J connectivity index is 1.81. The van der Waals surface area contributed by atoms with Crippen LogP contribution in [-0.4, -0.2) is 71.5 Å². The molecule has 9 heteroatoms. The van der Waals surface area contributed by atoms with Crippen LogP contribution < -0.4 is 0 Å². The van der Waals surface area contributed by atoms with Crippen LogP contribution in [0.1, 0.15) is 39.9 Å². The van der Waals surface area contributed by atoms with Gasteiger partial charge >= 0.3 is 0 Å². The van der Waals surface area contributed by atoms with E-state index in [1.165, 1.54) is 4.31 Å². The van der Waals surface area contributed by atoms with Gasteiger partial charge in [-0.2, -0.15) is 4.31 Å². The summed E-state index contributed by atoms with van der Waals surface area (Å²) >= 11 is 0. The minimum Gasteiger partial charge on any atom is -0.377 e. The van der Waals surface area contributed by atoms with E-state index in [-0.39, 0.29) is 16.3 Å². The standard InChI is InChI=1S/C21H32N4O4S/c1-6-24(7-2)30(27,28)16-8-9-18-17(14-16)22-19(23(18)5)10-11-20(26)25-12-13-29-15-21(25,3)4/h8-9,14H,6-7,10-13,15H2,1-5H3. The molecular weight excluding hydrogens is 404 g/mol. The number of amides is 1. The van der Waals surface area contributed by atoms with Crippen LogP contribution >= 0.6 is 0 Å². The summed E-state index contributed by atoms with van der Waals surface area (Å²) in [5.74, 6) is 0.849. The normalized spacial score (nSPS) is 17.1. The van der Waals surface area contributed by atoms with Gasteiger partial charge in [-0.05, 0) is 32.0 Å². The van der Waals surface area contributed by atoms with Crippen LogP contribution in [0.5, 0.6) is 0 Å². The number of carbonyl (C=O) groups excluding carboxylic acids is 1. The van der Waals surface area contributed by atoms with Gasteiger partial charge in [0.05, 0.1) is 34.7 Å². The number of ether oxygens (including phenoxy) is 1. The Labute approximate surface area is 178 Å². The number of imidazole rings is 1. The summed E-state index contributed by atoms with van der Waals surface area (Å²) < 4.78 is 34.5. The molecule has 0 atom stereocenters. The molecule has 1 saturated heterocycles. The molecule has 1 aliphatic rings. The first-order valence-electron chi connectivity index (χ1n) is 10.5. The molecule has 0 radical (unpaired) electrons. The molecule has 0 aliphatic carbocycles. The summed E-state index contributed by atoms with van der Waals surface area (Å²) in [4.78, 5) is 19.6. The third kappa shape index (κ3) is 4.24. The van der Waals surface area contributed by atoms with Crippen LogP contribution in [-0.2, 0) is 33.0 Å². The first kappa shape index (κ1) is 22.7. The fraction of sp³-hybridized carbons (Fsp3) is 0.619. The second-order valence-corrected chi connectivity index (χ2v) is 10.2. The molecule has 166 valence electrons. The third-order valence-corrected chi connectivity index (χ3v) is 7.84. The van der Waals surface area contributed by atoms with E-state index >= 15 is 0 Å². The summed E-state index contributed by atoms with van der Waals surface area (Å²) in [5, 5.41) is 0. The van der Waals surface area contributed by atoms with E-state index in [0.717, 1.165) is 11.3 Å². The smallest absolute Gasteiger partial charge is 0.243 e. The lowest BCUT2D eigenvalue weighted by atomic mass is 10.0. The van der Waals surface area contributed by atoms with Crippen molar-refractivity contribution in [2.24, 2.45) is 7.05 Å². The Morgan fingerprint density at radius 1 is 1.27 bits per heavy atom. The van der Waals surface area contributed by atoms with Crippen molar-refractivity contribution in [1.29, 1.82) is 0 Å². The predicted molar refractivity (Wildman–Crippen MR) is 116 cm³/mol. The number of rotatable bonds is 7. The molecule has 3 rings (SSSR count). The van der Waals surface area contributed by atoms with E-state index in [1.807, 2.05) is 44.2 Å². The molecule has 1 aliphatic heterocycles. The lowest BCUT2D eigenvalue weighted by Gasteiger charge is -2.42. The van der Waals surface area contributed by atoms with Gasteiger partial charge in [-0.3, -0.25) is 4.79 Å². The molecule has 0 saturated carbocycles. The highest BCUT2D eigenvalue weighted by Gasteiger charge is 2.33. The van der Waals surface area contributed by atoms with Crippen LogP contribution in [0.2, 0.25) is 0 Å². The number of fused-ring (bicyclic) bond motifs is 1. The minimum absolute atomic E-state index is 0.0835. The van der Waals surface area contributed by atoms with Gasteiger partial charge in [0, 0.05) is 39.5 Å². The Bertz CT molecular complexity index is 1030. The summed E-state index contributed by atoms with van der Waals surface area (Å²) in [5.41, 5.74) is 1.16. The lowest BCUT2D eigenvalue weighted by Crippen LogP contribution is -2.55. The van der Waals surface area contributed by atoms with Crippen molar-refractivity contribution in [3.63, 3.8) is 0 Å². The Hall–Kier alpha value is -1.97.